The standard InChI is InChI=1S/C13H21N3O/c1-9(2)10(3)16(5)13(17)11-8-15-7-6-12(11)14-4/h6-10H,1-5H3,(H,14,15). The molecule has 0 fully saturated rings. The van der Waals surface area contributed by atoms with Crippen molar-refractivity contribution >= 4 is 11.6 Å². The number of nitrogens with zero attached hydrogens (tertiary/aromatic N) is 2. The molecule has 1 heterocycles. The number of hydrogen-bond acceptors (Lipinski definition) is 3. The molecule has 4 heteroatoms. The number of carbonyl (C=O) groups excluding carboxylic acids is 1. The highest BCUT2D eigenvalue weighted by Crippen LogP contribution is 2.17. The molecule has 1 amide bonds. The summed E-state index contributed by atoms with van der Waals surface area (Å²) < 4.78 is 0. The van der Waals surface area contributed by atoms with Gasteiger partial charge in [0.2, 0.25) is 0 Å². The Balaban J connectivity index is 2.96. The zero-order valence-corrected chi connectivity index (χ0v) is 11.2. The van der Waals surface area contributed by atoms with E-state index >= 15 is 0 Å². The maximum Gasteiger partial charge on any atom is 0.257 e. The van der Waals surface area contributed by atoms with Crippen LogP contribution in [0.5, 0.6) is 0 Å². The van der Waals surface area contributed by atoms with Gasteiger partial charge in [0.1, 0.15) is 0 Å². The van der Waals surface area contributed by atoms with Crippen molar-refractivity contribution in [3.8, 4) is 0 Å². The SMILES string of the molecule is CNc1ccncc1C(=O)N(C)C(C)C(C)C. The van der Waals surface area contributed by atoms with Crippen LogP contribution in [-0.4, -0.2) is 35.9 Å². The molecule has 4 nitrogen and oxygen atoms in total. The van der Waals surface area contributed by atoms with Crippen LogP contribution in [0.25, 0.3) is 0 Å². The Bertz CT molecular complexity index is 390. The monoisotopic (exact) mass is 235 g/mol. The van der Waals surface area contributed by atoms with E-state index in [1.54, 1.807) is 30.4 Å². The summed E-state index contributed by atoms with van der Waals surface area (Å²) in [5, 5.41) is 3.01. The van der Waals surface area contributed by atoms with Crippen molar-refractivity contribution in [2.75, 3.05) is 19.4 Å². The van der Waals surface area contributed by atoms with Crippen LogP contribution in [0.2, 0.25) is 0 Å². The molecular formula is C13H21N3O. The highest BCUT2D eigenvalue weighted by molar-refractivity contribution is 5.99. The molecule has 0 saturated carbocycles. The van der Waals surface area contributed by atoms with Gasteiger partial charge in [0.15, 0.2) is 0 Å². The summed E-state index contributed by atoms with van der Waals surface area (Å²) in [5.41, 5.74) is 1.43. The number of aromatic nitrogens is 1. The molecule has 94 valence electrons. The first kappa shape index (κ1) is 13.5. The minimum atomic E-state index is 0.00338. The van der Waals surface area contributed by atoms with Crippen molar-refractivity contribution in [1.82, 2.24) is 9.88 Å². The van der Waals surface area contributed by atoms with Crippen LogP contribution < -0.4 is 5.32 Å². The Morgan fingerprint density at radius 2 is 2.06 bits per heavy atom. The van der Waals surface area contributed by atoms with E-state index < -0.39 is 0 Å². The average molecular weight is 235 g/mol. The zero-order chi connectivity index (χ0) is 13.0. The van der Waals surface area contributed by atoms with Crippen molar-refractivity contribution in [3.63, 3.8) is 0 Å². The normalized spacial score (nSPS) is 12.4. The van der Waals surface area contributed by atoms with Gasteiger partial charge in [0, 0.05) is 38.2 Å². The molecule has 1 aromatic rings. The van der Waals surface area contributed by atoms with E-state index in [4.69, 9.17) is 0 Å². The first-order valence-corrected chi connectivity index (χ1v) is 5.88. The minimum absolute atomic E-state index is 0.00338. The molecule has 1 aromatic heterocycles. The lowest BCUT2D eigenvalue weighted by molar-refractivity contribution is 0.0707. The number of anilines is 1. The van der Waals surface area contributed by atoms with Gasteiger partial charge in [-0.3, -0.25) is 9.78 Å². The number of hydrogen-bond donors (Lipinski definition) is 1. The molecule has 0 aromatic carbocycles. The summed E-state index contributed by atoms with van der Waals surface area (Å²) in [6.45, 7) is 6.27. The average Bonchev–Trinajstić information content (AvgIpc) is 2.35. The number of nitrogens with one attached hydrogen (secondary N) is 1. The van der Waals surface area contributed by atoms with E-state index in [9.17, 15) is 4.79 Å². The lowest BCUT2D eigenvalue weighted by atomic mass is 10.0. The summed E-state index contributed by atoms with van der Waals surface area (Å²) in [7, 11) is 3.64. The fourth-order valence-corrected chi connectivity index (χ4v) is 1.61. The summed E-state index contributed by atoms with van der Waals surface area (Å²) in [6, 6.07) is 2.01. The van der Waals surface area contributed by atoms with Gasteiger partial charge in [-0.15, -0.1) is 0 Å². The van der Waals surface area contributed by atoms with Gasteiger partial charge >= 0.3 is 0 Å². The topological polar surface area (TPSA) is 45.2 Å². The lowest BCUT2D eigenvalue weighted by Gasteiger charge is -2.28. The molecule has 1 N–H and O–H groups in total. The molecule has 1 unspecified atom stereocenters. The predicted octanol–water partition coefficient (Wildman–Crippen LogP) is 2.24. The number of rotatable bonds is 4. The lowest BCUT2D eigenvalue weighted by Crippen LogP contribution is -2.38. The molecule has 0 aliphatic heterocycles. The van der Waals surface area contributed by atoms with Crippen LogP contribution in [0, 0.1) is 5.92 Å². The summed E-state index contributed by atoms with van der Waals surface area (Å²) in [5.74, 6) is 0.433. The fraction of sp³-hybridized carbons (Fsp3) is 0.538. The van der Waals surface area contributed by atoms with Crippen LogP contribution in [0.3, 0.4) is 0 Å². The minimum Gasteiger partial charge on any atom is -0.387 e. The molecular weight excluding hydrogens is 214 g/mol. The van der Waals surface area contributed by atoms with E-state index in [-0.39, 0.29) is 11.9 Å². The smallest absolute Gasteiger partial charge is 0.257 e. The van der Waals surface area contributed by atoms with Gasteiger partial charge in [-0.1, -0.05) is 13.8 Å². The van der Waals surface area contributed by atoms with Gasteiger partial charge in [-0.25, -0.2) is 0 Å². The van der Waals surface area contributed by atoms with Crippen molar-refractivity contribution < 1.29 is 4.79 Å². The zero-order valence-electron chi connectivity index (χ0n) is 11.2. The van der Waals surface area contributed by atoms with Gasteiger partial charge in [0.25, 0.3) is 5.91 Å². The Hall–Kier alpha value is -1.58. The third-order valence-corrected chi connectivity index (χ3v) is 3.22. The fourth-order valence-electron chi connectivity index (χ4n) is 1.61. The molecule has 0 bridgehead atoms. The van der Waals surface area contributed by atoms with Crippen LogP contribution in [-0.2, 0) is 0 Å². The Morgan fingerprint density at radius 3 is 2.59 bits per heavy atom. The molecule has 0 aliphatic rings. The molecule has 0 spiro atoms. The third-order valence-electron chi connectivity index (χ3n) is 3.22. The molecule has 0 aliphatic carbocycles. The van der Waals surface area contributed by atoms with Gasteiger partial charge in [-0.2, -0.15) is 0 Å². The Morgan fingerprint density at radius 1 is 1.41 bits per heavy atom. The van der Waals surface area contributed by atoms with Crippen molar-refractivity contribution in [2.45, 2.75) is 26.8 Å². The van der Waals surface area contributed by atoms with Gasteiger partial charge < -0.3 is 10.2 Å². The second kappa shape index (κ2) is 5.66. The predicted molar refractivity (Wildman–Crippen MR) is 70.2 cm³/mol. The molecule has 1 atom stereocenters. The highest BCUT2D eigenvalue weighted by atomic mass is 16.2. The Kier molecular flexibility index (Phi) is 4.49. The second-order valence-electron chi connectivity index (χ2n) is 4.57. The molecule has 17 heavy (non-hydrogen) atoms. The quantitative estimate of drug-likeness (QED) is 0.870. The van der Waals surface area contributed by atoms with Crippen molar-refractivity contribution in [3.05, 3.63) is 24.0 Å². The van der Waals surface area contributed by atoms with E-state index in [0.717, 1.165) is 5.69 Å². The molecule has 0 saturated heterocycles. The van der Waals surface area contributed by atoms with Crippen molar-refractivity contribution in [1.29, 1.82) is 0 Å². The van der Waals surface area contributed by atoms with Crippen LogP contribution in [0.15, 0.2) is 18.5 Å². The number of carbonyl (C=O) groups is 1. The van der Waals surface area contributed by atoms with Gasteiger partial charge in [0.05, 0.1) is 5.56 Å². The van der Waals surface area contributed by atoms with E-state index in [1.165, 1.54) is 0 Å². The molecule has 1 rings (SSSR count). The van der Waals surface area contributed by atoms with Gasteiger partial charge in [-0.05, 0) is 18.9 Å². The largest absolute Gasteiger partial charge is 0.387 e. The summed E-state index contributed by atoms with van der Waals surface area (Å²) in [4.78, 5) is 18.1. The first-order chi connectivity index (χ1) is 7.99. The van der Waals surface area contributed by atoms with Crippen LogP contribution in [0.1, 0.15) is 31.1 Å². The number of pyridine rings is 1. The summed E-state index contributed by atoms with van der Waals surface area (Å²) in [6.07, 6.45) is 3.28. The van der Waals surface area contributed by atoms with E-state index in [1.807, 2.05) is 7.05 Å². The highest BCUT2D eigenvalue weighted by Gasteiger charge is 2.21. The first-order valence-electron chi connectivity index (χ1n) is 5.88. The van der Waals surface area contributed by atoms with Crippen LogP contribution >= 0.6 is 0 Å². The van der Waals surface area contributed by atoms with Crippen molar-refractivity contribution in [2.24, 2.45) is 5.92 Å². The third kappa shape index (κ3) is 2.96. The molecule has 0 radical (unpaired) electrons. The van der Waals surface area contributed by atoms with E-state index in [0.29, 0.717) is 11.5 Å². The maximum absolute atomic E-state index is 12.3. The second-order valence-corrected chi connectivity index (χ2v) is 4.57. The van der Waals surface area contributed by atoms with Crippen LogP contribution in [0.4, 0.5) is 5.69 Å². The maximum atomic E-state index is 12.3. The summed E-state index contributed by atoms with van der Waals surface area (Å²) >= 11 is 0. The Labute approximate surface area is 103 Å². The van der Waals surface area contributed by atoms with E-state index in [2.05, 4.69) is 31.1 Å². The number of amides is 1.